The van der Waals surface area contributed by atoms with Crippen LogP contribution in [0.2, 0.25) is 0 Å². The van der Waals surface area contributed by atoms with Crippen LogP contribution in [-0.2, 0) is 9.53 Å². The molecule has 0 saturated carbocycles. The van der Waals surface area contributed by atoms with Crippen LogP contribution in [0.15, 0.2) is 28.7 Å². The first kappa shape index (κ1) is 18.0. The van der Waals surface area contributed by atoms with Gasteiger partial charge in [-0.2, -0.15) is 0 Å². The lowest BCUT2D eigenvalue weighted by molar-refractivity contribution is -0.116. The van der Waals surface area contributed by atoms with Gasteiger partial charge in [0.25, 0.3) is 0 Å². The summed E-state index contributed by atoms with van der Waals surface area (Å²) in [6.07, 6.45) is 4.25. The van der Waals surface area contributed by atoms with Gasteiger partial charge in [0, 0.05) is 35.7 Å². The Kier molecular flexibility index (Phi) is 7.58. The summed E-state index contributed by atoms with van der Waals surface area (Å²) in [6, 6.07) is 5.69. The number of benzene rings is 1. The fourth-order valence-corrected chi connectivity index (χ4v) is 2.78. The highest BCUT2D eigenvalue weighted by Gasteiger charge is 2.09. The van der Waals surface area contributed by atoms with Crippen LogP contribution < -0.4 is 10.1 Å². The van der Waals surface area contributed by atoms with Gasteiger partial charge >= 0.3 is 0 Å². The Morgan fingerprint density at radius 1 is 1.43 bits per heavy atom. The normalized spacial score (nSPS) is 15.7. The summed E-state index contributed by atoms with van der Waals surface area (Å²) < 4.78 is 11.5. The highest BCUT2D eigenvalue weighted by atomic mass is 79.9. The highest BCUT2D eigenvalue weighted by Crippen LogP contribution is 2.23. The number of hydrogen-bond acceptors (Lipinski definition) is 4. The zero-order valence-corrected chi connectivity index (χ0v) is 15.0. The van der Waals surface area contributed by atoms with Gasteiger partial charge in [0.15, 0.2) is 0 Å². The maximum absolute atomic E-state index is 11.9. The molecule has 23 heavy (non-hydrogen) atoms. The Morgan fingerprint density at radius 3 is 2.96 bits per heavy atom. The molecule has 0 spiro atoms. The van der Waals surface area contributed by atoms with Crippen molar-refractivity contribution in [1.29, 1.82) is 0 Å². The van der Waals surface area contributed by atoms with Crippen LogP contribution in [0.1, 0.15) is 12.0 Å². The number of halogens is 1. The zero-order chi connectivity index (χ0) is 16.5. The minimum atomic E-state index is -0.0889. The topological polar surface area (TPSA) is 50.8 Å². The monoisotopic (exact) mass is 382 g/mol. The van der Waals surface area contributed by atoms with Crippen molar-refractivity contribution in [1.82, 2.24) is 10.2 Å². The van der Waals surface area contributed by atoms with Gasteiger partial charge in [0.05, 0.1) is 20.3 Å². The summed E-state index contributed by atoms with van der Waals surface area (Å²) in [7, 11) is 1.62. The summed E-state index contributed by atoms with van der Waals surface area (Å²) in [4.78, 5) is 14.2. The van der Waals surface area contributed by atoms with Gasteiger partial charge in [-0.3, -0.25) is 9.69 Å². The van der Waals surface area contributed by atoms with Crippen LogP contribution in [0.25, 0.3) is 6.08 Å². The molecule has 5 nitrogen and oxygen atoms in total. The lowest BCUT2D eigenvalue weighted by atomic mass is 10.2. The molecule has 1 aliphatic rings. The van der Waals surface area contributed by atoms with Gasteiger partial charge < -0.3 is 14.8 Å². The van der Waals surface area contributed by atoms with Gasteiger partial charge in [0.2, 0.25) is 5.91 Å². The first-order valence-corrected chi connectivity index (χ1v) is 8.58. The van der Waals surface area contributed by atoms with Crippen molar-refractivity contribution in [2.45, 2.75) is 6.42 Å². The van der Waals surface area contributed by atoms with Gasteiger partial charge in [-0.15, -0.1) is 0 Å². The number of hydrogen-bond donors (Lipinski definition) is 1. The Hall–Kier alpha value is -1.37. The van der Waals surface area contributed by atoms with Crippen LogP contribution >= 0.6 is 15.9 Å². The Bertz CT molecular complexity index is 543. The fraction of sp³-hybridized carbons (Fsp3) is 0.471. The average Bonchev–Trinajstić information content (AvgIpc) is 2.58. The van der Waals surface area contributed by atoms with Crippen LogP contribution in [0.3, 0.4) is 0 Å². The van der Waals surface area contributed by atoms with Crippen molar-refractivity contribution in [3.63, 3.8) is 0 Å². The van der Waals surface area contributed by atoms with E-state index >= 15 is 0 Å². The molecule has 0 atom stereocenters. The number of carbonyl (C=O) groups is 1. The second-order valence-electron chi connectivity index (χ2n) is 5.32. The summed E-state index contributed by atoms with van der Waals surface area (Å²) in [5, 5.41) is 2.91. The van der Waals surface area contributed by atoms with E-state index in [0.29, 0.717) is 6.54 Å². The first-order valence-electron chi connectivity index (χ1n) is 7.78. The predicted octanol–water partition coefficient (Wildman–Crippen LogP) is 2.31. The van der Waals surface area contributed by atoms with E-state index in [0.717, 1.165) is 55.1 Å². The molecular formula is C17H23BrN2O3. The van der Waals surface area contributed by atoms with Crippen molar-refractivity contribution >= 4 is 27.9 Å². The molecule has 2 rings (SSSR count). The van der Waals surface area contributed by atoms with Gasteiger partial charge in [-0.25, -0.2) is 0 Å². The lowest BCUT2D eigenvalue weighted by Gasteiger charge is -2.26. The Labute approximate surface area is 145 Å². The molecule has 1 fully saturated rings. The van der Waals surface area contributed by atoms with Gasteiger partial charge in [-0.05, 0) is 37.2 Å². The number of ether oxygens (including phenoxy) is 2. The summed E-state index contributed by atoms with van der Waals surface area (Å²) in [6.45, 7) is 5.25. The molecule has 1 saturated heterocycles. The molecule has 1 aromatic carbocycles. The highest BCUT2D eigenvalue weighted by molar-refractivity contribution is 9.10. The molecule has 1 N–H and O–H groups in total. The summed E-state index contributed by atoms with van der Waals surface area (Å²) in [5.41, 5.74) is 0.866. The quantitative estimate of drug-likeness (QED) is 0.580. The molecule has 1 aromatic rings. The van der Waals surface area contributed by atoms with Gasteiger partial charge in [0.1, 0.15) is 5.75 Å². The van der Waals surface area contributed by atoms with Crippen LogP contribution in [-0.4, -0.2) is 57.3 Å². The fourth-order valence-electron chi connectivity index (χ4n) is 2.40. The lowest BCUT2D eigenvalue weighted by Crippen LogP contribution is -2.38. The predicted molar refractivity (Wildman–Crippen MR) is 94.6 cm³/mol. The number of morpholine rings is 1. The van der Waals surface area contributed by atoms with E-state index in [1.165, 1.54) is 0 Å². The number of nitrogens with one attached hydrogen (secondary N) is 1. The molecule has 0 unspecified atom stereocenters. The van der Waals surface area contributed by atoms with Crippen molar-refractivity contribution in [3.8, 4) is 5.75 Å². The average molecular weight is 383 g/mol. The molecule has 0 bridgehead atoms. The van der Waals surface area contributed by atoms with E-state index in [-0.39, 0.29) is 5.91 Å². The van der Waals surface area contributed by atoms with Gasteiger partial charge in [-0.1, -0.05) is 15.9 Å². The molecule has 1 aliphatic heterocycles. The number of carbonyl (C=O) groups excluding carboxylic acids is 1. The number of amides is 1. The molecule has 1 heterocycles. The van der Waals surface area contributed by atoms with Crippen molar-refractivity contribution in [3.05, 3.63) is 34.3 Å². The Balaban J connectivity index is 1.72. The summed E-state index contributed by atoms with van der Waals surface area (Å²) >= 11 is 3.42. The largest absolute Gasteiger partial charge is 0.496 e. The molecule has 126 valence electrons. The van der Waals surface area contributed by atoms with Crippen molar-refractivity contribution in [2.75, 3.05) is 46.5 Å². The number of methoxy groups -OCH3 is 1. The van der Waals surface area contributed by atoms with E-state index in [1.54, 1.807) is 19.3 Å². The van der Waals surface area contributed by atoms with Crippen LogP contribution in [0, 0.1) is 0 Å². The van der Waals surface area contributed by atoms with Crippen molar-refractivity contribution < 1.29 is 14.3 Å². The zero-order valence-electron chi connectivity index (χ0n) is 13.4. The molecular weight excluding hydrogens is 360 g/mol. The second kappa shape index (κ2) is 9.70. The maximum Gasteiger partial charge on any atom is 0.244 e. The second-order valence-corrected chi connectivity index (χ2v) is 6.23. The first-order chi connectivity index (χ1) is 11.2. The third-order valence-electron chi connectivity index (χ3n) is 3.66. The standard InChI is InChI=1S/C17H23BrN2O3/c1-22-16-5-4-15(18)13-14(16)3-6-17(21)19-7-2-8-20-9-11-23-12-10-20/h3-6,13H,2,7-12H2,1H3,(H,19,21). The SMILES string of the molecule is COc1ccc(Br)cc1C=CC(=O)NCCCN1CCOCC1. The molecule has 6 heteroatoms. The molecule has 0 radical (unpaired) electrons. The third-order valence-corrected chi connectivity index (χ3v) is 4.15. The van der Waals surface area contributed by atoms with E-state index < -0.39 is 0 Å². The van der Waals surface area contributed by atoms with Crippen LogP contribution in [0.4, 0.5) is 0 Å². The number of rotatable bonds is 7. The summed E-state index contributed by atoms with van der Waals surface area (Å²) in [5.74, 6) is 0.651. The smallest absolute Gasteiger partial charge is 0.244 e. The third kappa shape index (κ3) is 6.33. The Morgan fingerprint density at radius 2 is 2.22 bits per heavy atom. The van der Waals surface area contributed by atoms with E-state index in [9.17, 15) is 4.79 Å². The van der Waals surface area contributed by atoms with Crippen LogP contribution in [0.5, 0.6) is 5.75 Å². The minimum Gasteiger partial charge on any atom is -0.496 e. The maximum atomic E-state index is 11.9. The van der Waals surface area contributed by atoms with Crippen molar-refractivity contribution in [2.24, 2.45) is 0 Å². The van der Waals surface area contributed by atoms with E-state index in [4.69, 9.17) is 9.47 Å². The molecule has 0 aliphatic carbocycles. The minimum absolute atomic E-state index is 0.0889. The van der Waals surface area contributed by atoms with E-state index in [2.05, 4.69) is 26.1 Å². The molecule has 0 aromatic heterocycles. The van der Waals surface area contributed by atoms with E-state index in [1.807, 2.05) is 18.2 Å². The molecule has 1 amide bonds. The number of nitrogens with zero attached hydrogens (tertiary/aromatic N) is 1.